The number of aliphatic hydroxyl groups excluding tert-OH is 1. The number of para-hydroxylation sites is 1. The molecule has 3 N–H and O–H groups in total. The van der Waals surface area contributed by atoms with Gasteiger partial charge in [-0.25, -0.2) is 0 Å². The zero-order chi connectivity index (χ0) is 12.3. The molecule has 88 valence electrons. The predicted octanol–water partition coefficient (Wildman–Crippen LogP) is 2.86. The number of hydrogen-bond acceptors (Lipinski definition) is 3. The van der Waals surface area contributed by atoms with Gasteiger partial charge < -0.3 is 15.6 Å². The van der Waals surface area contributed by atoms with Gasteiger partial charge in [0.15, 0.2) is 5.75 Å². The quantitative estimate of drug-likeness (QED) is 0.796. The Hall–Kier alpha value is -2.00. The number of aryl methyl sites for hydroxylation is 1. The molecule has 0 aliphatic carbocycles. The lowest BCUT2D eigenvalue weighted by Gasteiger charge is -2.10. The summed E-state index contributed by atoms with van der Waals surface area (Å²) < 4.78 is 5.70. The standard InChI is InChI=1S/C14H15NO2/c1-10-4-2-7-13(14(10)15)17-12-6-3-5-11(8-12)9-16/h2-8,16H,9,15H2,1H3. The third-order valence-electron chi connectivity index (χ3n) is 2.59. The molecule has 2 aromatic rings. The van der Waals surface area contributed by atoms with Crippen molar-refractivity contribution in [2.24, 2.45) is 0 Å². The van der Waals surface area contributed by atoms with Crippen LogP contribution in [0.2, 0.25) is 0 Å². The highest BCUT2D eigenvalue weighted by atomic mass is 16.5. The molecule has 0 unspecified atom stereocenters. The zero-order valence-corrected chi connectivity index (χ0v) is 9.68. The molecule has 0 aromatic heterocycles. The lowest BCUT2D eigenvalue weighted by Crippen LogP contribution is -1.95. The monoisotopic (exact) mass is 229 g/mol. The second-order valence-electron chi connectivity index (χ2n) is 3.89. The zero-order valence-electron chi connectivity index (χ0n) is 9.68. The van der Waals surface area contributed by atoms with Gasteiger partial charge in [0.1, 0.15) is 5.75 Å². The maximum atomic E-state index is 9.05. The maximum Gasteiger partial charge on any atom is 0.150 e. The van der Waals surface area contributed by atoms with Crippen LogP contribution in [-0.2, 0) is 6.61 Å². The number of nitrogen functional groups attached to an aromatic ring is 1. The summed E-state index contributed by atoms with van der Waals surface area (Å²) >= 11 is 0. The highest BCUT2D eigenvalue weighted by Gasteiger charge is 2.04. The minimum absolute atomic E-state index is 0.000496. The van der Waals surface area contributed by atoms with E-state index in [1.807, 2.05) is 43.3 Å². The Morgan fingerprint density at radius 1 is 1.18 bits per heavy atom. The first kappa shape index (κ1) is 11.5. The van der Waals surface area contributed by atoms with Crippen LogP contribution in [0.5, 0.6) is 11.5 Å². The number of rotatable bonds is 3. The van der Waals surface area contributed by atoms with Crippen LogP contribution in [0, 0.1) is 6.92 Å². The molecule has 3 nitrogen and oxygen atoms in total. The normalized spacial score (nSPS) is 10.2. The topological polar surface area (TPSA) is 55.5 Å². The number of aliphatic hydroxyl groups is 1. The van der Waals surface area contributed by atoms with E-state index in [4.69, 9.17) is 15.6 Å². The first-order valence-electron chi connectivity index (χ1n) is 5.43. The summed E-state index contributed by atoms with van der Waals surface area (Å²) in [6.07, 6.45) is 0. The van der Waals surface area contributed by atoms with Crippen molar-refractivity contribution in [1.29, 1.82) is 0 Å². The minimum atomic E-state index is 0.000496. The number of anilines is 1. The molecule has 0 heterocycles. The Morgan fingerprint density at radius 3 is 2.71 bits per heavy atom. The molecule has 0 saturated carbocycles. The summed E-state index contributed by atoms with van der Waals surface area (Å²) in [4.78, 5) is 0. The van der Waals surface area contributed by atoms with Crippen LogP contribution in [0.25, 0.3) is 0 Å². The van der Waals surface area contributed by atoms with Gasteiger partial charge in [-0.15, -0.1) is 0 Å². The molecule has 0 aliphatic rings. The van der Waals surface area contributed by atoms with Crippen molar-refractivity contribution in [3.05, 3.63) is 53.6 Å². The van der Waals surface area contributed by atoms with Crippen LogP contribution in [0.15, 0.2) is 42.5 Å². The van der Waals surface area contributed by atoms with Gasteiger partial charge in [-0.3, -0.25) is 0 Å². The van der Waals surface area contributed by atoms with Crippen molar-refractivity contribution in [3.8, 4) is 11.5 Å². The molecule has 17 heavy (non-hydrogen) atoms. The molecule has 0 radical (unpaired) electrons. The molecular weight excluding hydrogens is 214 g/mol. The van der Waals surface area contributed by atoms with Crippen molar-refractivity contribution in [3.63, 3.8) is 0 Å². The van der Waals surface area contributed by atoms with Gasteiger partial charge in [0, 0.05) is 0 Å². The van der Waals surface area contributed by atoms with Crippen LogP contribution in [0.4, 0.5) is 5.69 Å². The fourth-order valence-corrected chi connectivity index (χ4v) is 1.58. The Balaban J connectivity index is 2.28. The van der Waals surface area contributed by atoms with E-state index >= 15 is 0 Å². The van der Waals surface area contributed by atoms with Crippen LogP contribution in [0.1, 0.15) is 11.1 Å². The molecule has 0 spiro atoms. The van der Waals surface area contributed by atoms with E-state index in [0.29, 0.717) is 17.2 Å². The van der Waals surface area contributed by atoms with Gasteiger partial charge in [0.05, 0.1) is 12.3 Å². The molecule has 0 aliphatic heterocycles. The van der Waals surface area contributed by atoms with Crippen LogP contribution in [0.3, 0.4) is 0 Å². The predicted molar refractivity (Wildman–Crippen MR) is 68.0 cm³/mol. The van der Waals surface area contributed by atoms with E-state index in [-0.39, 0.29) is 6.61 Å². The van der Waals surface area contributed by atoms with Gasteiger partial charge in [-0.05, 0) is 36.2 Å². The fraction of sp³-hybridized carbons (Fsp3) is 0.143. The maximum absolute atomic E-state index is 9.05. The van der Waals surface area contributed by atoms with Crippen molar-refractivity contribution in [2.45, 2.75) is 13.5 Å². The summed E-state index contributed by atoms with van der Waals surface area (Å²) in [5, 5.41) is 9.05. The molecule has 0 atom stereocenters. The summed E-state index contributed by atoms with van der Waals surface area (Å²) in [5.74, 6) is 1.31. The Kier molecular flexibility index (Phi) is 3.30. The van der Waals surface area contributed by atoms with E-state index in [9.17, 15) is 0 Å². The van der Waals surface area contributed by atoms with Crippen molar-refractivity contribution >= 4 is 5.69 Å². The van der Waals surface area contributed by atoms with E-state index in [0.717, 1.165) is 11.1 Å². The number of nitrogens with two attached hydrogens (primary N) is 1. The van der Waals surface area contributed by atoms with Gasteiger partial charge in [-0.2, -0.15) is 0 Å². The van der Waals surface area contributed by atoms with E-state index in [1.165, 1.54) is 0 Å². The first-order chi connectivity index (χ1) is 8.20. The first-order valence-corrected chi connectivity index (χ1v) is 5.43. The second-order valence-corrected chi connectivity index (χ2v) is 3.89. The highest BCUT2D eigenvalue weighted by Crippen LogP contribution is 2.29. The van der Waals surface area contributed by atoms with Crippen LogP contribution in [-0.4, -0.2) is 5.11 Å². The summed E-state index contributed by atoms with van der Waals surface area (Å²) in [5.41, 5.74) is 8.37. The molecule has 0 bridgehead atoms. The molecule has 0 fully saturated rings. The third kappa shape index (κ3) is 2.57. The SMILES string of the molecule is Cc1cccc(Oc2cccc(CO)c2)c1N. The minimum Gasteiger partial charge on any atom is -0.455 e. The highest BCUT2D eigenvalue weighted by molar-refractivity contribution is 5.59. The number of benzene rings is 2. The lowest BCUT2D eigenvalue weighted by atomic mass is 10.2. The third-order valence-corrected chi connectivity index (χ3v) is 2.59. The molecule has 0 saturated heterocycles. The largest absolute Gasteiger partial charge is 0.455 e. The fourth-order valence-electron chi connectivity index (χ4n) is 1.58. The van der Waals surface area contributed by atoms with Crippen molar-refractivity contribution < 1.29 is 9.84 Å². The molecule has 2 aromatic carbocycles. The van der Waals surface area contributed by atoms with Gasteiger partial charge in [0.2, 0.25) is 0 Å². The van der Waals surface area contributed by atoms with Crippen molar-refractivity contribution in [1.82, 2.24) is 0 Å². The molecule has 2 rings (SSSR count). The van der Waals surface area contributed by atoms with Crippen LogP contribution < -0.4 is 10.5 Å². The average Bonchev–Trinajstić information content (AvgIpc) is 2.35. The number of ether oxygens (including phenoxy) is 1. The van der Waals surface area contributed by atoms with E-state index < -0.39 is 0 Å². The van der Waals surface area contributed by atoms with Crippen molar-refractivity contribution in [2.75, 3.05) is 5.73 Å². The Bertz CT molecular complexity index is 523. The summed E-state index contributed by atoms with van der Waals surface area (Å²) in [6, 6.07) is 13.0. The van der Waals surface area contributed by atoms with E-state index in [2.05, 4.69) is 0 Å². The number of hydrogen-bond donors (Lipinski definition) is 2. The van der Waals surface area contributed by atoms with Gasteiger partial charge >= 0.3 is 0 Å². The summed E-state index contributed by atoms with van der Waals surface area (Å²) in [7, 11) is 0. The smallest absolute Gasteiger partial charge is 0.150 e. The Labute approximate surface area is 100 Å². The van der Waals surface area contributed by atoms with E-state index in [1.54, 1.807) is 6.07 Å². The van der Waals surface area contributed by atoms with Crippen LogP contribution >= 0.6 is 0 Å². The lowest BCUT2D eigenvalue weighted by molar-refractivity contribution is 0.281. The van der Waals surface area contributed by atoms with Gasteiger partial charge in [-0.1, -0.05) is 24.3 Å². The molecule has 3 heteroatoms. The average molecular weight is 229 g/mol. The Morgan fingerprint density at radius 2 is 1.94 bits per heavy atom. The summed E-state index contributed by atoms with van der Waals surface area (Å²) in [6.45, 7) is 1.94. The molecule has 0 amide bonds. The van der Waals surface area contributed by atoms with Gasteiger partial charge in [0.25, 0.3) is 0 Å². The molecular formula is C14H15NO2. The second kappa shape index (κ2) is 4.89.